The van der Waals surface area contributed by atoms with Crippen LogP contribution in [0.2, 0.25) is 0 Å². The topological polar surface area (TPSA) is 29.5 Å². The Balaban J connectivity index is 1.83. The van der Waals surface area contributed by atoms with E-state index in [0.29, 0.717) is 23.2 Å². The summed E-state index contributed by atoms with van der Waals surface area (Å²) in [4.78, 5) is 14.8. The van der Waals surface area contributed by atoms with Crippen LogP contribution >= 0.6 is 11.8 Å². The van der Waals surface area contributed by atoms with Crippen LogP contribution in [0.15, 0.2) is 0 Å². The summed E-state index contributed by atoms with van der Waals surface area (Å²) in [6, 6.07) is 0. The van der Waals surface area contributed by atoms with Crippen molar-refractivity contribution in [2.24, 2.45) is 5.92 Å². The minimum absolute atomic E-state index is 0.379. The number of rotatable bonds is 5. The first kappa shape index (κ1) is 17.1. The van der Waals surface area contributed by atoms with E-state index in [-0.39, 0.29) is 0 Å². The van der Waals surface area contributed by atoms with Crippen molar-refractivity contribution in [3.8, 4) is 0 Å². The van der Waals surface area contributed by atoms with Crippen molar-refractivity contribution in [3.63, 3.8) is 0 Å². The number of hydrogen-bond acceptors (Lipinski definition) is 3. The molecule has 2 fully saturated rings. The van der Waals surface area contributed by atoms with Crippen molar-refractivity contribution in [2.45, 2.75) is 70.1 Å². The van der Waals surface area contributed by atoms with Crippen molar-refractivity contribution in [1.82, 2.24) is 4.90 Å². The summed E-state index contributed by atoms with van der Waals surface area (Å²) in [5.74, 6) is 2.09. The van der Waals surface area contributed by atoms with Gasteiger partial charge in [0.1, 0.15) is 0 Å². The van der Waals surface area contributed by atoms with Gasteiger partial charge >= 0.3 is 0 Å². The minimum Gasteiger partial charge on any atom is -0.378 e. The average molecular weight is 314 g/mol. The summed E-state index contributed by atoms with van der Waals surface area (Å²) < 4.78 is 5.73. The molecule has 0 aromatic heterocycles. The Bertz CT molecular complexity index is 324. The normalized spacial score (nSPS) is 31.0. The van der Waals surface area contributed by atoms with Gasteiger partial charge < -0.3 is 9.64 Å². The maximum atomic E-state index is 12.6. The van der Waals surface area contributed by atoms with E-state index in [1.807, 2.05) is 11.8 Å². The zero-order chi connectivity index (χ0) is 15.1. The molecule has 2 rings (SSSR count). The first-order valence-corrected chi connectivity index (χ1v) is 9.78. The highest BCUT2D eigenvalue weighted by molar-refractivity contribution is 7.99. The second-order valence-electron chi connectivity index (χ2n) is 6.41. The van der Waals surface area contributed by atoms with Gasteiger partial charge in [-0.05, 0) is 43.8 Å². The lowest BCUT2D eigenvalue weighted by Crippen LogP contribution is -2.38. The van der Waals surface area contributed by atoms with Crippen LogP contribution in [0.25, 0.3) is 0 Å². The van der Waals surface area contributed by atoms with E-state index in [2.05, 4.69) is 18.7 Å². The molecule has 1 amide bonds. The van der Waals surface area contributed by atoms with Gasteiger partial charge in [-0.1, -0.05) is 20.3 Å². The largest absolute Gasteiger partial charge is 0.378 e. The third-order valence-corrected chi connectivity index (χ3v) is 5.97. The summed E-state index contributed by atoms with van der Waals surface area (Å²) in [6.45, 7) is 7.17. The molecule has 0 bridgehead atoms. The van der Waals surface area contributed by atoms with Gasteiger partial charge in [0, 0.05) is 31.4 Å². The van der Waals surface area contributed by atoms with E-state index < -0.39 is 0 Å². The first-order valence-electron chi connectivity index (χ1n) is 8.73. The zero-order valence-corrected chi connectivity index (χ0v) is 14.5. The SMILES string of the molecule is CCS[C@@H]1CCCCN(C(=O)C[C@H]2CCO[C@H](CC)C2)C1. The number of ether oxygens (including phenoxy) is 1. The highest BCUT2D eigenvalue weighted by Crippen LogP contribution is 2.27. The molecule has 0 aliphatic carbocycles. The van der Waals surface area contributed by atoms with Crippen molar-refractivity contribution in [2.75, 3.05) is 25.4 Å². The molecule has 0 N–H and O–H groups in total. The summed E-state index contributed by atoms with van der Waals surface area (Å²) in [7, 11) is 0. The van der Waals surface area contributed by atoms with Gasteiger partial charge in [0.15, 0.2) is 0 Å². The molecule has 2 saturated heterocycles. The van der Waals surface area contributed by atoms with Gasteiger partial charge in [-0.2, -0.15) is 11.8 Å². The molecule has 3 atom stereocenters. The lowest BCUT2D eigenvalue weighted by Gasteiger charge is -2.31. The van der Waals surface area contributed by atoms with Crippen LogP contribution in [0.3, 0.4) is 0 Å². The highest BCUT2D eigenvalue weighted by Gasteiger charge is 2.27. The maximum Gasteiger partial charge on any atom is 0.222 e. The first-order chi connectivity index (χ1) is 10.2. The van der Waals surface area contributed by atoms with Crippen LogP contribution in [-0.2, 0) is 9.53 Å². The molecule has 2 aliphatic rings. The molecule has 122 valence electrons. The Kier molecular flexibility index (Phi) is 7.38. The average Bonchev–Trinajstić information content (AvgIpc) is 2.73. The monoisotopic (exact) mass is 313 g/mol. The highest BCUT2D eigenvalue weighted by atomic mass is 32.2. The zero-order valence-electron chi connectivity index (χ0n) is 13.7. The molecule has 21 heavy (non-hydrogen) atoms. The van der Waals surface area contributed by atoms with Gasteiger partial charge in [-0.25, -0.2) is 0 Å². The summed E-state index contributed by atoms with van der Waals surface area (Å²) >= 11 is 2.02. The van der Waals surface area contributed by atoms with E-state index in [1.54, 1.807) is 0 Å². The van der Waals surface area contributed by atoms with Crippen LogP contribution in [0.5, 0.6) is 0 Å². The molecule has 3 nitrogen and oxygen atoms in total. The quantitative estimate of drug-likeness (QED) is 0.775. The molecule has 0 radical (unpaired) electrons. The van der Waals surface area contributed by atoms with Crippen LogP contribution in [0.1, 0.15) is 58.8 Å². The molecule has 0 aromatic rings. The van der Waals surface area contributed by atoms with E-state index in [0.717, 1.165) is 51.1 Å². The Hall–Kier alpha value is -0.220. The summed E-state index contributed by atoms with van der Waals surface area (Å²) in [5, 5.41) is 0.652. The fourth-order valence-electron chi connectivity index (χ4n) is 3.51. The van der Waals surface area contributed by atoms with Gasteiger partial charge in [0.2, 0.25) is 5.91 Å². The van der Waals surface area contributed by atoms with Crippen LogP contribution in [-0.4, -0.2) is 47.6 Å². The third kappa shape index (κ3) is 5.48. The minimum atomic E-state index is 0.379. The predicted molar refractivity (Wildman–Crippen MR) is 89.7 cm³/mol. The Morgan fingerprint density at radius 2 is 2.14 bits per heavy atom. The lowest BCUT2D eigenvalue weighted by molar-refractivity contribution is -0.133. The second-order valence-corrected chi connectivity index (χ2v) is 7.99. The molecular weight excluding hydrogens is 282 g/mol. The molecule has 2 heterocycles. The van der Waals surface area contributed by atoms with Crippen LogP contribution < -0.4 is 0 Å². The number of hydrogen-bond donors (Lipinski definition) is 0. The number of carbonyl (C=O) groups excluding carboxylic acids is 1. The fraction of sp³-hybridized carbons (Fsp3) is 0.941. The van der Waals surface area contributed by atoms with Crippen molar-refractivity contribution in [1.29, 1.82) is 0 Å². The fourth-order valence-corrected chi connectivity index (χ4v) is 4.60. The number of nitrogens with zero attached hydrogens (tertiary/aromatic N) is 1. The van der Waals surface area contributed by atoms with Crippen LogP contribution in [0.4, 0.5) is 0 Å². The molecule has 4 heteroatoms. The van der Waals surface area contributed by atoms with Crippen molar-refractivity contribution < 1.29 is 9.53 Å². The van der Waals surface area contributed by atoms with Crippen molar-refractivity contribution >= 4 is 17.7 Å². The van der Waals surface area contributed by atoms with E-state index in [1.165, 1.54) is 19.3 Å². The lowest BCUT2D eigenvalue weighted by atomic mass is 9.91. The van der Waals surface area contributed by atoms with Gasteiger partial charge in [0.25, 0.3) is 0 Å². The molecule has 0 saturated carbocycles. The molecule has 0 aromatic carbocycles. The van der Waals surface area contributed by atoms with Gasteiger partial charge in [-0.15, -0.1) is 0 Å². The number of amides is 1. The summed E-state index contributed by atoms with van der Waals surface area (Å²) in [6.07, 6.45) is 8.05. The third-order valence-electron chi connectivity index (χ3n) is 4.78. The second kappa shape index (κ2) is 9.04. The van der Waals surface area contributed by atoms with Gasteiger partial charge in [0.05, 0.1) is 6.10 Å². The molecule has 0 spiro atoms. The number of likely N-dealkylation sites (tertiary alicyclic amines) is 1. The molecular formula is C17H31NO2S. The number of carbonyl (C=O) groups is 1. The smallest absolute Gasteiger partial charge is 0.222 e. The van der Waals surface area contributed by atoms with Crippen LogP contribution in [0, 0.1) is 5.92 Å². The maximum absolute atomic E-state index is 12.6. The molecule has 2 aliphatic heterocycles. The predicted octanol–water partition coefficient (Wildman–Crippen LogP) is 3.72. The van der Waals surface area contributed by atoms with E-state index >= 15 is 0 Å². The number of thioether (sulfide) groups is 1. The summed E-state index contributed by atoms with van der Waals surface area (Å²) in [5.41, 5.74) is 0. The Morgan fingerprint density at radius 1 is 1.29 bits per heavy atom. The van der Waals surface area contributed by atoms with E-state index in [9.17, 15) is 4.79 Å². The van der Waals surface area contributed by atoms with Gasteiger partial charge in [-0.3, -0.25) is 4.79 Å². The standard InChI is InChI=1S/C17H31NO2S/c1-3-15-11-14(8-10-20-15)12-17(19)18-9-6-5-7-16(13-18)21-4-2/h14-16H,3-13H2,1-2H3/t14-,15+,16+/m0/s1. The van der Waals surface area contributed by atoms with Crippen molar-refractivity contribution in [3.05, 3.63) is 0 Å². The Morgan fingerprint density at radius 3 is 2.90 bits per heavy atom. The molecule has 0 unspecified atom stereocenters. The van der Waals surface area contributed by atoms with E-state index in [4.69, 9.17) is 4.74 Å². The Labute approximate surface area is 134 Å².